The van der Waals surface area contributed by atoms with Gasteiger partial charge in [-0.1, -0.05) is 53.5 Å². The summed E-state index contributed by atoms with van der Waals surface area (Å²) in [7, 11) is -4.72. The van der Waals surface area contributed by atoms with Gasteiger partial charge in [0.2, 0.25) is 0 Å². The molecule has 0 aliphatic carbocycles. The Kier molecular flexibility index (Phi) is 7.10. The summed E-state index contributed by atoms with van der Waals surface area (Å²) in [6.07, 6.45) is 0. The van der Waals surface area contributed by atoms with Crippen LogP contribution >= 0.6 is 23.2 Å². The Bertz CT molecular complexity index is 1150. The standard InChI is InChI=1S/C21H19Cl2N3O3S/c1-2-26(14-15-6-4-3-5-7-15)17-10-8-16(9-11-17)24-25-20-12-19(23)21(13-18(20)22)30(27,28)29/h3-13H,2,14H2,1H3,(H,27,28,29)/p-1. The highest BCUT2D eigenvalue weighted by atomic mass is 35.5. The van der Waals surface area contributed by atoms with E-state index in [9.17, 15) is 13.0 Å². The van der Waals surface area contributed by atoms with E-state index in [2.05, 4.69) is 34.2 Å². The van der Waals surface area contributed by atoms with Crippen LogP contribution in [0.2, 0.25) is 10.0 Å². The van der Waals surface area contributed by atoms with Crippen molar-refractivity contribution in [2.24, 2.45) is 10.2 Å². The highest BCUT2D eigenvalue weighted by Gasteiger charge is 2.12. The number of hydrogen-bond donors (Lipinski definition) is 0. The maximum Gasteiger partial charge on any atom is 0.125 e. The van der Waals surface area contributed by atoms with Crippen LogP contribution in [0.15, 0.2) is 81.9 Å². The van der Waals surface area contributed by atoms with Gasteiger partial charge >= 0.3 is 0 Å². The molecule has 0 bridgehead atoms. The molecule has 0 aliphatic heterocycles. The van der Waals surface area contributed by atoms with E-state index in [0.717, 1.165) is 24.8 Å². The summed E-state index contributed by atoms with van der Waals surface area (Å²) in [5, 5.41) is 7.85. The molecule has 0 aliphatic rings. The first-order valence-corrected chi connectivity index (χ1v) is 11.2. The van der Waals surface area contributed by atoms with Gasteiger partial charge in [0.1, 0.15) is 15.8 Å². The molecule has 0 atom stereocenters. The molecule has 0 saturated heterocycles. The van der Waals surface area contributed by atoms with E-state index in [4.69, 9.17) is 23.2 Å². The fraction of sp³-hybridized carbons (Fsp3) is 0.143. The van der Waals surface area contributed by atoms with Gasteiger partial charge in [-0.25, -0.2) is 8.42 Å². The van der Waals surface area contributed by atoms with Crippen LogP contribution in [-0.4, -0.2) is 19.5 Å². The molecule has 0 fully saturated rings. The van der Waals surface area contributed by atoms with Gasteiger partial charge in [0.15, 0.2) is 0 Å². The number of hydrogen-bond acceptors (Lipinski definition) is 6. The normalized spacial score (nSPS) is 11.7. The maximum absolute atomic E-state index is 11.2. The van der Waals surface area contributed by atoms with Gasteiger partial charge in [-0.3, -0.25) is 0 Å². The van der Waals surface area contributed by atoms with Crippen LogP contribution < -0.4 is 4.90 Å². The number of nitrogens with zero attached hydrogens (tertiary/aromatic N) is 3. The molecule has 0 amide bonds. The second kappa shape index (κ2) is 9.57. The van der Waals surface area contributed by atoms with Gasteiger partial charge < -0.3 is 9.45 Å². The predicted octanol–water partition coefficient (Wildman–Crippen LogP) is 6.34. The number of rotatable bonds is 7. The lowest BCUT2D eigenvalue weighted by Crippen LogP contribution is -2.21. The lowest BCUT2D eigenvalue weighted by atomic mass is 10.2. The Balaban J connectivity index is 1.77. The minimum absolute atomic E-state index is 0.0331. The van der Waals surface area contributed by atoms with Crippen LogP contribution in [0, 0.1) is 0 Å². The van der Waals surface area contributed by atoms with Crippen molar-refractivity contribution in [2.45, 2.75) is 18.4 Å². The van der Waals surface area contributed by atoms with Gasteiger partial charge in [-0.05, 0) is 48.9 Å². The summed E-state index contributed by atoms with van der Waals surface area (Å²) < 4.78 is 33.5. The first-order valence-electron chi connectivity index (χ1n) is 9.03. The monoisotopic (exact) mass is 462 g/mol. The zero-order valence-electron chi connectivity index (χ0n) is 16.0. The molecular weight excluding hydrogens is 445 g/mol. The molecule has 6 nitrogen and oxygen atoms in total. The summed E-state index contributed by atoms with van der Waals surface area (Å²) >= 11 is 11.9. The van der Waals surface area contributed by atoms with E-state index >= 15 is 0 Å². The molecule has 3 aromatic rings. The lowest BCUT2D eigenvalue weighted by molar-refractivity contribution is 0.463. The van der Waals surface area contributed by atoms with Gasteiger partial charge in [0, 0.05) is 18.8 Å². The van der Waals surface area contributed by atoms with Crippen LogP contribution in [0.4, 0.5) is 17.1 Å². The van der Waals surface area contributed by atoms with Gasteiger partial charge in [-0.2, -0.15) is 5.11 Å². The van der Waals surface area contributed by atoms with E-state index in [1.807, 2.05) is 42.5 Å². The largest absolute Gasteiger partial charge is 0.744 e. The minimum atomic E-state index is -4.72. The third-order valence-corrected chi connectivity index (χ3v) is 5.96. The molecule has 0 heterocycles. The Morgan fingerprint density at radius 3 is 2.20 bits per heavy atom. The van der Waals surface area contributed by atoms with Gasteiger partial charge in [-0.15, -0.1) is 5.11 Å². The van der Waals surface area contributed by atoms with E-state index in [-0.39, 0.29) is 15.7 Å². The quantitative estimate of drug-likeness (QED) is 0.302. The van der Waals surface area contributed by atoms with E-state index in [1.54, 1.807) is 0 Å². The molecule has 0 radical (unpaired) electrons. The number of azo groups is 1. The van der Waals surface area contributed by atoms with Crippen molar-refractivity contribution in [2.75, 3.05) is 11.4 Å². The molecule has 0 N–H and O–H groups in total. The van der Waals surface area contributed by atoms with Crippen LogP contribution in [0.3, 0.4) is 0 Å². The van der Waals surface area contributed by atoms with E-state index in [1.165, 1.54) is 11.6 Å². The Morgan fingerprint density at radius 2 is 1.60 bits per heavy atom. The van der Waals surface area contributed by atoms with E-state index < -0.39 is 15.0 Å². The molecule has 0 saturated carbocycles. The summed E-state index contributed by atoms with van der Waals surface area (Å²) in [6, 6.07) is 19.9. The van der Waals surface area contributed by atoms with Crippen molar-refractivity contribution in [1.82, 2.24) is 0 Å². The highest BCUT2D eigenvalue weighted by Crippen LogP contribution is 2.34. The van der Waals surface area contributed by atoms with Crippen molar-refractivity contribution >= 4 is 50.4 Å². The molecule has 3 rings (SSSR count). The lowest BCUT2D eigenvalue weighted by Gasteiger charge is -2.23. The molecule has 30 heavy (non-hydrogen) atoms. The summed E-state index contributed by atoms with van der Waals surface area (Å²) in [5.41, 5.74) is 3.02. The molecule has 0 unspecified atom stereocenters. The van der Waals surface area contributed by atoms with Crippen molar-refractivity contribution in [3.05, 3.63) is 82.3 Å². The fourth-order valence-corrected chi connectivity index (χ4v) is 4.08. The summed E-state index contributed by atoms with van der Waals surface area (Å²) in [5.74, 6) is 0. The summed E-state index contributed by atoms with van der Waals surface area (Å²) in [4.78, 5) is 1.64. The summed E-state index contributed by atoms with van der Waals surface area (Å²) in [6.45, 7) is 3.73. The van der Waals surface area contributed by atoms with Crippen molar-refractivity contribution < 1.29 is 13.0 Å². The Hall–Kier alpha value is -2.45. The smallest absolute Gasteiger partial charge is 0.125 e. The second-order valence-corrected chi connectivity index (χ2v) is 8.57. The molecular formula is C21H18Cl2N3O3S-. The number of anilines is 1. The molecule has 3 aromatic carbocycles. The van der Waals surface area contributed by atoms with E-state index in [0.29, 0.717) is 5.69 Å². The zero-order chi connectivity index (χ0) is 21.7. The average Bonchev–Trinajstić information content (AvgIpc) is 2.73. The zero-order valence-corrected chi connectivity index (χ0v) is 18.3. The van der Waals surface area contributed by atoms with Crippen LogP contribution in [0.1, 0.15) is 12.5 Å². The van der Waals surface area contributed by atoms with Crippen LogP contribution in [-0.2, 0) is 16.7 Å². The predicted molar refractivity (Wildman–Crippen MR) is 118 cm³/mol. The third-order valence-electron chi connectivity index (χ3n) is 4.36. The number of halogens is 2. The van der Waals surface area contributed by atoms with Crippen LogP contribution in [0.25, 0.3) is 0 Å². The SMILES string of the molecule is CCN(Cc1ccccc1)c1ccc(N=Nc2cc(Cl)c(S(=O)(=O)[O-])cc2Cl)cc1. The van der Waals surface area contributed by atoms with Gasteiger partial charge in [0.05, 0.1) is 20.6 Å². The Morgan fingerprint density at radius 1 is 0.933 bits per heavy atom. The second-order valence-electron chi connectivity index (χ2n) is 6.40. The minimum Gasteiger partial charge on any atom is -0.744 e. The molecule has 0 aromatic heterocycles. The average molecular weight is 463 g/mol. The van der Waals surface area contributed by atoms with Crippen molar-refractivity contribution in [3.8, 4) is 0 Å². The Labute approximate surface area is 185 Å². The maximum atomic E-state index is 11.2. The van der Waals surface area contributed by atoms with Crippen LogP contribution in [0.5, 0.6) is 0 Å². The first kappa shape index (κ1) is 22.2. The fourth-order valence-electron chi connectivity index (χ4n) is 2.82. The topological polar surface area (TPSA) is 85.2 Å². The molecule has 0 spiro atoms. The highest BCUT2D eigenvalue weighted by molar-refractivity contribution is 7.85. The van der Waals surface area contributed by atoms with Crippen molar-refractivity contribution in [3.63, 3.8) is 0 Å². The number of benzene rings is 3. The first-order chi connectivity index (χ1) is 14.3. The third kappa shape index (κ3) is 5.58. The molecule has 156 valence electrons. The van der Waals surface area contributed by atoms with Gasteiger partial charge in [0.25, 0.3) is 0 Å². The molecule has 9 heteroatoms. The van der Waals surface area contributed by atoms with Crippen molar-refractivity contribution in [1.29, 1.82) is 0 Å².